The van der Waals surface area contributed by atoms with Crippen LogP contribution < -0.4 is 0 Å². The number of benzene rings is 1. The van der Waals surface area contributed by atoms with Gasteiger partial charge in [0.15, 0.2) is 5.78 Å². The predicted octanol–water partition coefficient (Wildman–Crippen LogP) is 2.43. The molecule has 1 rings (SSSR count). The lowest BCUT2D eigenvalue weighted by molar-refractivity contribution is -0.385. The topological polar surface area (TPSA) is 84.0 Å². The highest BCUT2D eigenvalue weighted by molar-refractivity contribution is 9.10. The first-order chi connectivity index (χ1) is 6.97. The number of hydrogen-bond acceptors (Lipinski definition) is 4. The van der Waals surface area contributed by atoms with Crippen LogP contribution in [0.15, 0.2) is 16.6 Å². The second-order valence-electron chi connectivity index (χ2n) is 2.78. The summed E-state index contributed by atoms with van der Waals surface area (Å²) in [5.74, 6) is -0.289. The number of nitrogens with zero attached hydrogens (tertiary/aromatic N) is 2. The van der Waals surface area contributed by atoms with Gasteiger partial charge in [0, 0.05) is 16.1 Å². The van der Waals surface area contributed by atoms with Crippen LogP contribution in [0.4, 0.5) is 5.69 Å². The molecule has 6 heteroatoms. The summed E-state index contributed by atoms with van der Waals surface area (Å²) >= 11 is 3.02. The summed E-state index contributed by atoms with van der Waals surface area (Å²) in [6, 6.07) is 4.21. The Kier molecular flexibility index (Phi) is 3.17. The van der Waals surface area contributed by atoms with E-state index in [1.165, 1.54) is 13.0 Å². The molecule has 0 aromatic heterocycles. The fourth-order valence-electron chi connectivity index (χ4n) is 1.05. The summed E-state index contributed by atoms with van der Waals surface area (Å²) in [5.41, 5.74) is -0.241. The molecule has 15 heavy (non-hydrogen) atoms. The maximum atomic E-state index is 11.0. The summed E-state index contributed by atoms with van der Waals surface area (Å²) in [6.45, 7) is 1.30. The normalized spacial score (nSPS) is 9.40. The largest absolute Gasteiger partial charge is 0.295 e. The molecule has 1 aromatic rings. The highest BCUT2D eigenvalue weighted by atomic mass is 79.9. The Bertz CT molecular complexity index is 491. The van der Waals surface area contributed by atoms with E-state index < -0.39 is 4.92 Å². The zero-order valence-corrected chi connectivity index (χ0v) is 9.24. The molecule has 0 aliphatic carbocycles. The van der Waals surface area contributed by atoms with E-state index in [0.717, 1.165) is 6.07 Å². The molecule has 1 aromatic carbocycles. The molecule has 0 fully saturated rings. The van der Waals surface area contributed by atoms with Crippen LogP contribution in [-0.4, -0.2) is 10.7 Å². The Balaban J connectivity index is 3.54. The molecule has 0 unspecified atom stereocenters. The van der Waals surface area contributed by atoms with Gasteiger partial charge in [0.2, 0.25) is 0 Å². The van der Waals surface area contributed by atoms with Crippen molar-refractivity contribution in [3.05, 3.63) is 37.8 Å². The van der Waals surface area contributed by atoms with E-state index in [-0.39, 0.29) is 27.1 Å². The van der Waals surface area contributed by atoms with Crippen molar-refractivity contribution in [1.82, 2.24) is 0 Å². The quantitative estimate of drug-likeness (QED) is 0.469. The Hall–Kier alpha value is -1.74. The van der Waals surface area contributed by atoms with Crippen molar-refractivity contribution in [2.24, 2.45) is 0 Å². The number of hydrogen-bond donors (Lipinski definition) is 0. The van der Waals surface area contributed by atoms with Crippen molar-refractivity contribution < 1.29 is 9.72 Å². The van der Waals surface area contributed by atoms with Crippen LogP contribution in [0.1, 0.15) is 22.8 Å². The molecule has 76 valence electrons. The minimum Gasteiger partial charge on any atom is -0.295 e. The number of ketones is 1. The minimum absolute atomic E-state index is 0.0787. The van der Waals surface area contributed by atoms with Gasteiger partial charge in [-0.05, 0) is 28.9 Å². The highest BCUT2D eigenvalue weighted by Crippen LogP contribution is 2.28. The molecule has 0 atom stereocenters. The number of Topliss-reactive ketones (excluding diaryl/α,β-unsaturated/α-hetero) is 1. The maximum absolute atomic E-state index is 11.0. The predicted molar refractivity (Wildman–Crippen MR) is 55.5 cm³/mol. The molecular weight excluding hydrogens is 264 g/mol. The van der Waals surface area contributed by atoms with Gasteiger partial charge in [0.1, 0.15) is 11.6 Å². The monoisotopic (exact) mass is 268 g/mol. The molecule has 0 aliphatic heterocycles. The summed E-state index contributed by atoms with van der Waals surface area (Å²) in [5, 5.41) is 19.3. The number of carbonyl (C=O) groups excluding carboxylic acids is 1. The first-order valence-electron chi connectivity index (χ1n) is 3.86. The molecule has 0 amide bonds. The van der Waals surface area contributed by atoms with Gasteiger partial charge in [-0.2, -0.15) is 5.26 Å². The Morgan fingerprint density at radius 1 is 1.60 bits per heavy atom. The molecule has 0 saturated carbocycles. The molecule has 0 spiro atoms. The molecule has 0 heterocycles. The zero-order chi connectivity index (χ0) is 11.6. The van der Waals surface area contributed by atoms with E-state index in [9.17, 15) is 14.9 Å². The van der Waals surface area contributed by atoms with Crippen molar-refractivity contribution in [3.8, 4) is 6.07 Å². The van der Waals surface area contributed by atoms with Crippen LogP contribution in [0.5, 0.6) is 0 Å². The third-order valence-electron chi connectivity index (χ3n) is 1.78. The van der Waals surface area contributed by atoms with Gasteiger partial charge in [-0.1, -0.05) is 0 Å². The van der Waals surface area contributed by atoms with E-state index >= 15 is 0 Å². The molecule has 0 bridgehead atoms. The maximum Gasteiger partial charge on any atom is 0.288 e. The standard InChI is InChI=1S/C9H5BrN2O3/c1-5(13)6-2-8(10)7(4-11)9(3-6)12(14)15/h2-3H,1H3. The van der Waals surface area contributed by atoms with Crippen LogP contribution in [0.2, 0.25) is 0 Å². The fraction of sp³-hybridized carbons (Fsp3) is 0.111. The minimum atomic E-state index is -0.685. The van der Waals surface area contributed by atoms with E-state index in [1.807, 2.05) is 0 Å². The summed E-state index contributed by atoms with van der Waals surface area (Å²) in [7, 11) is 0. The zero-order valence-electron chi connectivity index (χ0n) is 7.65. The van der Waals surface area contributed by atoms with Crippen molar-refractivity contribution >= 4 is 27.4 Å². The lowest BCUT2D eigenvalue weighted by Crippen LogP contribution is -1.99. The van der Waals surface area contributed by atoms with Crippen molar-refractivity contribution in [2.45, 2.75) is 6.92 Å². The number of carbonyl (C=O) groups is 1. The number of nitro groups is 1. The van der Waals surface area contributed by atoms with Gasteiger partial charge < -0.3 is 0 Å². The third kappa shape index (κ3) is 2.19. The average molecular weight is 269 g/mol. The van der Waals surface area contributed by atoms with Crippen LogP contribution in [0, 0.1) is 21.4 Å². The van der Waals surface area contributed by atoms with Crippen molar-refractivity contribution in [3.63, 3.8) is 0 Å². The molecule has 0 saturated heterocycles. The Morgan fingerprint density at radius 3 is 2.60 bits per heavy atom. The van der Waals surface area contributed by atoms with Crippen LogP contribution >= 0.6 is 15.9 Å². The SMILES string of the molecule is CC(=O)c1cc(Br)c(C#N)c([N+](=O)[O-])c1. The Morgan fingerprint density at radius 2 is 2.20 bits per heavy atom. The molecular formula is C9H5BrN2O3. The lowest BCUT2D eigenvalue weighted by Gasteiger charge is -2.00. The van der Waals surface area contributed by atoms with Crippen LogP contribution in [0.25, 0.3) is 0 Å². The lowest BCUT2D eigenvalue weighted by atomic mass is 10.1. The number of rotatable bonds is 2. The van der Waals surface area contributed by atoms with Crippen molar-refractivity contribution in [2.75, 3.05) is 0 Å². The van der Waals surface area contributed by atoms with E-state index in [2.05, 4.69) is 15.9 Å². The van der Waals surface area contributed by atoms with Gasteiger partial charge in [0.25, 0.3) is 5.69 Å². The fourth-order valence-corrected chi connectivity index (χ4v) is 1.59. The molecule has 0 radical (unpaired) electrons. The second kappa shape index (κ2) is 4.19. The number of halogens is 1. The van der Waals surface area contributed by atoms with E-state index in [1.54, 1.807) is 6.07 Å². The second-order valence-corrected chi connectivity index (χ2v) is 3.63. The Labute approximate surface area is 93.6 Å². The van der Waals surface area contributed by atoms with Gasteiger partial charge >= 0.3 is 0 Å². The van der Waals surface area contributed by atoms with Gasteiger partial charge in [-0.3, -0.25) is 14.9 Å². The number of nitriles is 1. The van der Waals surface area contributed by atoms with Gasteiger partial charge in [-0.25, -0.2) is 0 Å². The van der Waals surface area contributed by atoms with Crippen LogP contribution in [-0.2, 0) is 0 Å². The smallest absolute Gasteiger partial charge is 0.288 e. The highest BCUT2D eigenvalue weighted by Gasteiger charge is 2.19. The van der Waals surface area contributed by atoms with E-state index in [0.29, 0.717) is 0 Å². The first kappa shape index (κ1) is 11.3. The third-order valence-corrected chi connectivity index (χ3v) is 2.41. The average Bonchev–Trinajstić information content (AvgIpc) is 2.16. The van der Waals surface area contributed by atoms with E-state index in [4.69, 9.17) is 5.26 Å². The summed E-state index contributed by atoms with van der Waals surface area (Å²) in [4.78, 5) is 21.0. The molecule has 0 aliphatic rings. The molecule has 0 N–H and O–H groups in total. The number of nitro benzene ring substituents is 1. The van der Waals surface area contributed by atoms with Gasteiger partial charge in [0.05, 0.1) is 4.92 Å². The first-order valence-corrected chi connectivity index (χ1v) is 4.65. The molecule has 5 nitrogen and oxygen atoms in total. The van der Waals surface area contributed by atoms with Gasteiger partial charge in [-0.15, -0.1) is 0 Å². The van der Waals surface area contributed by atoms with Crippen LogP contribution in [0.3, 0.4) is 0 Å². The summed E-state index contributed by atoms with van der Waals surface area (Å²) < 4.78 is 0.254. The summed E-state index contributed by atoms with van der Waals surface area (Å²) in [6.07, 6.45) is 0. The van der Waals surface area contributed by atoms with Crippen molar-refractivity contribution in [1.29, 1.82) is 5.26 Å².